The van der Waals surface area contributed by atoms with Gasteiger partial charge in [0, 0.05) is 29.4 Å². The number of hydrogen-bond donors (Lipinski definition) is 2. The van der Waals surface area contributed by atoms with Gasteiger partial charge in [-0.1, -0.05) is 0 Å². The minimum atomic E-state index is -0.290. The molecule has 3 N–H and O–H groups in total. The number of piperidine rings is 1. The van der Waals surface area contributed by atoms with Crippen LogP contribution in [0.2, 0.25) is 0 Å². The third kappa shape index (κ3) is 4.02. The van der Waals surface area contributed by atoms with Gasteiger partial charge in [-0.05, 0) is 49.9 Å². The second-order valence-electron chi connectivity index (χ2n) is 7.60. The fourth-order valence-electron chi connectivity index (χ4n) is 4.04. The number of rotatable bonds is 5. The Morgan fingerprint density at radius 2 is 1.87 bits per heavy atom. The summed E-state index contributed by atoms with van der Waals surface area (Å²) in [5.74, 6) is -0.236. The van der Waals surface area contributed by atoms with Crippen LogP contribution in [0.4, 0.5) is 5.13 Å². The number of fused-ring (bicyclic) bond motifs is 1. The minimum Gasteiger partial charge on any atom is -0.497 e. The van der Waals surface area contributed by atoms with E-state index in [2.05, 4.69) is 10.3 Å². The number of nitrogens with zero attached hydrogens (tertiary/aromatic N) is 2. The highest BCUT2D eigenvalue weighted by Crippen LogP contribution is 2.40. The fraction of sp³-hybridized carbons (Fsp3) is 0.429. The predicted octanol–water partition coefficient (Wildman–Crippen LogP) is 2.16. The average molecular weight is 429 g/mol. The summed E-state index contributed by atoms with van der Waals surface area (Å²) in [7, 11) is 1.57. The smallest absolute Gasteiger partial charge is 0.257 e. The summed E-state index contributed by atoms with van der Waals surface area (Å²) in [5.41, 5.74) is 6.66. The molecule has 1 atom stereocenters. The van der Waals surface area contributed by atoms with E-state index in [1.54, 1.807) is 31.4 Å². The van der Waals surface area contributed by atoms with Crippen LogP contribution >= 0.6 is 11.3 Å². The highest BCUT2D eigenvalue weighted by Gasteiger charge is 2.37. The second kappa shape index (κ2) is 8.43. The number of ether oxygens (including phenoxy) is 1. The van der Waals surface area contributed by atoms with Crippen LogP contribution in [0.3, 0.4) is 0 Å². The molecule has 1 aromatic carbocycles. The molecule has 1 aromatic heterocycles. The highest BCUT2D eigenvalue weighted by atomic mass is 32.1. The van der Waals surface area contributed by atoms with Gasteiger partial charge in [-0.3, -0.25) is 19.7 Å². The topological polar surface area (TPSA) is 115 Å². The molecule has 1 aliphatic carbocycles. The van der Waals surface area contributed by atoms with Gasteiger partial charge in [-0.15, -0.1) is 11.3 Å². The van der Waals surface area contributed by atoms with Gasteiger partial charge in [0.1, 0.15) is 5.75 Å². The number of aryl methyl sites for hydroxylation is 1. The van der Waals surface area contributed by atoms with Crippen molar-refractivity contribution in [2.75, 3.05) is 25.5 Å². The summed E-state index contributed by atoms with van der Waals surface area (Å²) in [6.07, 6.45) is 2.73. The maximum Gasteiger partial charge on any atom is 0.257 e. The number of nitrogens with two attached hydrogens (primary N) is 1. The Balaban J connectivity index is 1.41. The van der Waals surface area contributed by atoms with Gasteiger partial charge in [0.2, 0.25) is 11.8 Å². The fourth-order valence-corrected chi connectivity index (χ4v) is 5.07. The molecule has 9 heteroatoms. The van der Waals surface area contributed by atoms with Crippen molar-refractivity contribution < 1.29 is 19.1 Å². The molecule has 0 spiro atoms. The van der Waals surface area contributed by atoms with Gasteiger partial charge >= 0.3 is 0 Å². The molecule has 0 saturated carbocycles. The average Bonchev–Trinajstić information content (AvgIpc) is 3.33. The Bertz CT molecular complexity index is 964. The van der Waals surface area contributed by atoms with Crippen molar-refractivity contribution in [2.24, 2.45) is 11.7 Å². The number of anilines is 1. The van der Waals surface area contributed by atoms with Crippen molar-refractivity contribution in [1.29, 1.82) is 0 Å². The summed E-state index contributed by atoms with van der Waals surface area (Å²) in [6, 6.07) is 6.84. The molecule has 0 bridgehead atoms. The third-order valence-corrected chi connectivity index (χ3v) is 6.84. The molecule has 2 heterocycles. The number of carbonyl (C=O) groups is 3. The molecule has 158 valence electrons. The van der Waals surface area contributed by atoms with Crippen LogP contribution in [0.15, 0.2) is 24.3 Å². The molecule has 8 nitrogen and oxygen atoms in total. The Labute approximate surface area is 178 Å². The van der Waals surface area contributed by atoms with Gasteiger partial charge in [-0.25, -0.2) is 4.98 Å². The molecule has 4 rings (SSSR count). The van der Waals surface area contributed by atoms with Gasteiger partial charge in [0.05, 0.1) is 18.7 Å². The van der Waals surface area contributed by atoms with Crippen LogP contribution in [-0.4, -0.2) is 47.8 Å². The number of thiazole rings is 1. The summed E-state index contributed by atoms with van der Waals surface area (Å²) < 4.78 is 5.11. The van der Waals surface area contributed by atoms with Crippen molar-refractivity contribution in [1.82, 2.24) is 9.88 Å². The Hall–Kier alpha value is -2.94. The maximum absolute atomic E-state index is 13.0. The monoisotopic (exact) mass is 428 g/mol. The van der Waals surface area contributed by atoms with E-state index in [4.69, 9.17) is 10.5 Å². The number of primary amides is 1. The number of aromatic nitrogens is 1. The first-order valence-corrected chi connectivity index (χ1v) is 10.8. The number of methoxy groups -OCH3 is 1. The number of carbonyl (C=O) groups excluding carboxylic acids is 3. The summed E-state index contributed by atoms with van der Waals surface area (Å²) in [4.78, 5) is 44.3. The van der Waals surface area contributed by atoms with E-state index in [0.717, 1.165) is 23.4 Å². The largest absolute Gasteiger partial charge is 0.497 e. The summed E-state index contributed by atoms with van der Waals surface area (Å²) in [5, 5.41) is 3.34. The first-order chi connectivity index (χ1) is 14.5. The predicted molar refractivity (Wildman–Crippen MR) is 113 cm³/mol. The lowest BCUT2D eigenvalue weighted by Gasteiger charge is -2.32. The van der Waals surface area contributed by atoms with E-state index in [0.29, 0.717) is 42.4 Å². The van der Waals surface area contributed by atoms with Crippen LogP contribution in [0.25, 0.3) is 0 Å². The SMILES string of the molecule is COc1ccc(C(=O)Nc2nc3c(s2)CC[C@@H]3C(=O)N2CCC(C(N)=O)CC2)cc1. The first-order valence-electron chi connectivity index (χ1n) is 9.99. The van der Waals surface area contributed by atoms with E-state index in [9.17, 15) is 14.4 Å². The minimum absolute atomic E-state index is 0.0509. The van der Waals surface area contributed by atoms with Crippen LogP contribution in [0, 0.1) is 5.92 Å². The maximum atomic E-state index is 13.0. The molecule has 2 aromatic rings. The van der Waals surface area contributed by atoms with Crippen LogP contribution < -0.4 is 15.8 Å². The number of amides is 3. The number of likely N-dealkylation sites (tertiary alicyclic amines) is 1. The molecule has 2 aliphatic rings. The molecule has 1 saturated heterocycles. The zero-order valence-electron chi connectivity index (χ0n) is 16.7. The molecule has 0 radical (unpaired) electrons. The van der Waals surface area contributed by atoms with Crippen LogP contribution in [0.5, 0.6) is 5.75 Å². The third-order valence-electron chi connectivity index (χ3n) is 5.80. The lowest BCUT2D eigenvalue weighted by molar-refractivity contribution is -0.136. The molecule has 3 amide bonds. The lowest BCUT2D eigenvalue weighted by atomic mass is 9.95. The molecular formula is C21H24N4O4S. The normalized spacial score (nSPS) is 18.7. The molecule has 1 fully saturated rings. The Morgan fingerprint density at radius 3 is 2.50 bits per heavy atom. The molecular weight excluding hydrogens is 404 g/mol. The van der Waals surface area contributed by atoms with Crippen molar-refractivity contribution >= 4 is 34.2 Å². The van der Waals surface area contributed by atoms with E-state index < -0.39 is 0 Å². The van der Waals surface area contributed by atoms with Gasteiger partial charge in [0.25, 0.3) is 5.91 Å². The second-order valence-corrected chi connectivity index (χ2v) is 8.69. The van der Waals surface area contributed by atoms with E-state index >= 15 is 0 Å². The van der Waals surface area contributed by atoms with Crippen LogP contribution in [0.1, 0.15) is 46.1 Å². The van der Waals surface area contributed by atoms with Gasteiger partial charge < -0.3 is 15.4 Å². The van der Waals surface area contributed by atoms with E-state index in [1.165, 1.54) is 11.3 Å². The van der Waals surface area contributed by atoms with Gasteiger partial charge in [0.15, 0.2) is 5.13 Å². The van der Waals surface area contributed by atoms with Crippen molar-refractivity contribution in [3.63, 3.8) is 0 Å². The zero-order valence-corrected chi connectivity index (χ0v) is 17.5. The Kier molecular flexibility index (Phi) is 5.72. The summed E-state index contributed by atoms with van der Waals surface area (Å²) >= 11 is 1.43. The zero-order chi connectivity index (χ0) is 21.3. The standard InChI is InChI=1S/C21H24N4O4S/c1-29-14-4-2-13(3-5-14)19(27)24-21-23-17-15(6-7-16(17)30-21)20(28)25-10-8-12(9-11-25)18(22)26/h2-5,12,15H,6-11H2,1H3,(H2,22,26)(H,23,24,27)/t15-/m0/s1. The first kappa shape index (κ1) is 20.3. The van der Waals surface area contributed by atoms with E-state index in [1.807, 2.05) is 4.90 Å². The molecule has 30 heavy (non-hydrogen) atoms. The highest BCUT2D eigenvalue weighted by molar-refractivity contribution is 7.16. The molecule has 0 unspecified atom stereocenters. The van der Waals surface area contributed by atoms with Crippen molar-refractivity contribution in [3.05, 3.63) is 40.4 Å². The quantitative estimate of drug-likeness (QED) is 0.757. The number of benzene rings is 1. The van der Waals surface area contributed by atoms with Gasteiger partial charge in [-0.2, -0.15) is 0 Å². The number of nitrogens with one attached hydrogen (secondary N) is 1. The Morgan fingerprint density at radius 1 is 1.17 bits per heavy atom. The lowest BCUT2D eigenvalue weighted by Crippen LogP contribution is -2.43. The van der Waals surface area contributed by atoms with Crippen molar-refractivity contribution in [2.45, 2.75) is 31.6 Å². The molecule has 1 aliphatic heterocycles. The van der Waals surface area contributed by atoms with E-state index in [-0.39, 0.29) is 29.6 Å². The summed E-state index contributed by atoms with van der Waals surface area (Å²) in [6.45, 7) is 1.09. The van der Waals surface area contributed by atoms with Crippen molar-refractivity contribution in [3.8, 4) is 5.75 Å². The number of hydrogen-bond acceptors (Lipinski definition) is 6. The van der Waals surface area contributed by atoms with Crippen LogP contribution in [-0.2, 0) is 16.0 Å².